The van der Waals surface area contributed by atoms with Gasteiger partial charge in [-0.25, -0.2) is 4.79 Å². The molecule has 1 amide bonds. The van der Waals surface area contributed by atoms with Crippen molar-refractivity contribution in [2.45, 2.75) is 31.4 Å². The number of hydrogen-bond donors (Lipinski definition) is 1. The largest absolute Gasteiger partial charge is 0.493 e. The first-order chi connectivity index (χ1) is 14.2. The Kier molecular flexibility index (Phi) is 5.10. The molecule has 2 atom stereocenters. The quantitative estimate of drug-likeness (QED) is 0.797. The Labute approximate surface area is 175 Å². The number of piperidine rings is 3. The molecule has 4 aliphatic rings. The Bertz CT molecular complexity index is 893. The van der Waals surface area contributed by atoms with E-state index in [0.29, 0.717) is 17.5 Å². The molecule has 0 aliphatic carbocycles. The van der Waals surface area contributed by atoms with Crippen LogP contribution in [-0.4, -0.2) is 43.3 Å². The summed E-state index contributed by atoms with van der Waals surface area (Å²) < 4.78 is 11.7. The minimum Gasteiger partial charge on any atom is -0.493 e. The van der Waals surface area contributed by atoms with Crippen LogP contribution in [0.5, 0.6) is 5.75 Å². The van der Waals surface area contributed by atoms with Crippen LogP contribution in [0.4, 0.5) is 4.79 Å². The van der Waals surface area contributed by atoms with Crippen LogP contribution in [0.25, 0.3) is 11.1 Å². The number of carbonyl (C=O) groups is 1. The standard InChI is InChI=1S/C23H25ClN2O3/c24-18-4-1-15(2-5-18)17-3-6-19-20(9-12-28-21(19)13-17)25-23(27)29-22-14-26-10-7-16(22)8-11-26/h1-6,13,16,20,22H,7-12,14H2,(H,25,27)/t20?,22-/m1/s1. The molecule has 5 nitrogen and oxygen atoms in total. The number of nitrogens with one attached hydrogen (secondary N) is 1. The Hall–Kier alpha value is -2.24. The molecular weight excluding hydrogens is 388 g/mol. The lowest BCUT2D eigenvalue weighted by Gasteiger charge is -2.44. The molecule has 3 saturated heterocycles. The zero-order chi connectivity index (χ0) is 19.8. The second-order valence-corrected chi connectivity index (χ2v) is 8.61. The minimum atomic E-state index is -0.316. The summed E-state index contributed by atoms with van der Waals surface area (Å²) in [6.45, 7) is 3.71. The van der Waals surface area contributed by atoms with Crippen LogP contribution >= 0.6 is 11.6 Å². The van der Waals surface area contributed by atoms with Gasteiger partial charge in [0.25, 0.3) is 0 Å². The zero-order valence-corrected chi connectivity index (χ0v) is 17.0. The lowest BCUT2D eigenvalue weighted by molar-refractivity contribution is -0.0342. The van der Waals surface area contributed by atoms with E-state index in [2.05, 4.69) is 16.3 Å². The van der Waals surface area contributed by atoms with Crippen molar-refractivity contribution in [2.24, 2.45) is 5.92 Å². The number of rotatable bonds is 3. The highest BCUT2D eigenvalue weighted by molar-refractivity contribution is 6.30. The molecule has 2 aromatic rings. The highest BCUT2D eigenvalue weighted by atomic mass is 35.5. The summed E-state index contributed by atoms with van der Waals surface area (Å²) in [6, 6.07) is 13.8. The molecule has 1 N–H and O–H groups in total. The lowest BCUT2D eigenvalue weighted by atomic mass is 9.86. The van der Waals surface area contributed by atoms with Gasteiger partial charge in [0.05, 0.1) is 12.6 Å². The molecule has 0 spiro atoms. The molecule has 1 unspecified atom stereocenters. The van der Waals surface area contributed by atoms with Gasteiger partial charge in [-0.2, -0.15) is 0 Å². The number of alkyl carbamates (subject to hydrolysis) is 1. The van der Waals surface area contributed by atoms with E-state index in [-0.39, 0.29) is 18.2 Å². The number of nitrogens with zero attached hydrogens (tertiary/aromatic N) is 1. The Balaban J connectivity index is 1.28. The van der Waals surface area contributed by atoms with Gasteiger partial charge in [-0.05, 0) is 61.2 Å². The first-order valence-electron chi connectivity index (χ1n) is 10.4. The van der Waals surface area contributed by atoms with Crippen molar-refractivity contribution in [3.63, 3.8) is 0 Å². The maximum absolute atomic E-state index is 12.6. The SMILES string of the molecule is O=C(NC1CCOc2cc(-c3ccc(Cl)cc3)ccc21)O[C@@H]1CN2CCC1CC2. The molecule has 4 heterocycles. The van der Waals surface area contributed by atoms with Crippen molar-refractivity contribution < 1.29 is 14.3 Å². The van der Waals surface area contributed by atoms with Crippen LogP contribution in [0.3, 0.4) is 0 Å². The second-order valence-electron chi connectivity index (χ2n) is 8.18. The van der Waals surface area contributed by atoms with E-state index in [9.17, 15) is 4.79 Å². The van der Waals surface area contributed by atoms with Crippen molar-refractivity contribution in [2.75, 3.05) is 26.2 Å². The maximum Gasteiger partial charge on any atom is 0.407 e. The van der Waals surface area contributed by atoms with E-state index in [1.807, 2.05) is 36.4 Å². The predicted octanol–water partition coefficient (Wildman–Crippen LogP) is 4.65. The fourth-order valence-corrected chi connectivity index (χ4v) is 4.85. The summed E-state index contributed by atoms with van der Waals surface area (Å²) in [6.07, 6.45) is 2.70. The van der Waals surface area contributed by atoms with Crippen LogP contribution in [0.2, 0.25) is 5.02 Å². The highest BCUT2D eigenvalue weighted by Crippen LogP contribution is 2.36. The summed E-state index contributed by atoms with van der Waals surface area (Å²) >= 11 is 5.99. The number of halogens is 1. The topological polar surface area (TPSA) is 50.8 Å². The monoisotopic (exact) mass is 412 g/mol. The van der Waals surface area contributed by atoms with Gasteiger partial charge < -0.3 is 14.8 Å². The van der Waals surface area contributed by atoms with Crippen LogP contribution in [0, 0.1) is 5.92 Å². The lowest BCUT2D eigenvalue weighted by Crippen LogP contribution is -2.52. The van der Waals surface area contributed by atoms with Crippen LogP contribution in [-0.2, 0) is 4.74 Å². The molecule has 4 aliphatic heterocycles. The molecule has 0 aromatic heterocycles. The maximum atomic E-state index is 12.6. The number of amides is 1. The molecule has 152 valence electrons. The predicted molar refractivity (Wildman–Crippen MR) is 112 cm³/mol. The third-order valence-corrected chi connectivity index (χ3v) is 6.63. The Morgan fingerprint density at radius 3 is 2.55 bits per heavy atom. The van der Waals surface area contributed by atoms with Crippen molar-refractivity contribution in [1.29, 1.82) is 0 Å². The number of hydrogen-bond acceptors (Lipinski definition) is 4. The van der Waals surface area contributed by atoms with Crippen molar-refractivity contribution in [3.05, 3.63) is 53.1 Å². The molecular formula is C23H25ClN2O3. The first kappa shape index (κ1) is 18.8. The van der Waals surface area contributed by atoms with E-state index in [4.69, 9.17) is 21.1 Å². The van der Waals surface area contributed by atoms with Crippen LogP contribution in [0.1, 0.15) is 30.9 Å². The average Bonchev–Trinajstić information content (AvgIpc) is 2.75. The van der Waals surface area contributed by atoms with E-state index >= 15 is 0 Å². The molecule has 6 heteroatoms. The molecule has 6 rings (SSSR count). The third-order valence-electron chi connectivity index (χ3n) is 6.38. The molecule has 3 fully saturated rings. The summed E-state index contributed by atoms with van der Waals surface area (Å²) in [5, 5.41) is 3.79. The highest BCUT2D eigenvalue weighted by Gasteiger charge is 2.37. The van der Waals surface area contributed by atoms with E-state index < -0.39 is 0 Å². The van der Waals surface area contributed by atoms with Gasteiger partial charge in [-0.1, -0.05) is 35.9 Å². The van der Waals surface area contributed by atoms with Crippen molar-refractivity contribution in [3.8, 4) is 16.9 Å². The zero-order valence-electron chi connectivity index (χ0n) is 16.3. The molecule has 2 bridgehead atoms. The number of fused-ring (bicyclic) bond motifs is 4. The summed E-state index contributed by atoms with van der Waals surface area (Å²) in [5.74, 6) is 1.33. The van der Waals surface area contributed by atoms with Gasteiger partial charge >= 0.3 is 6.09 Å². The van der Waals surface area contributed by atoms with Gasteiger partial charge in [0.15, 0.2) is 0 Å². The smallest absolute Gasteiger partial charge is 0.407 e. The van der Waals surface area contributed by atoms with E-state index in [0.717, 1.165) is 61.3 Å². The molecule has 0 saturated carbocycles. The minimum absolute atomic E-state index is 0.0177. The van der Waals surface area contributed by atoms with E-state index in [1.54, 1.807) is 0 Å². The van der Waals surface area contributed by atoms with Crippen molar-refractivity contribution in [1.82, 2.24) is 10.2 Å². The van der Waals surface area contributed by atoms with Gasteiger partial charge in [0.2, 0.25) is 0 Å². The van der Waals surface area contributed by atoms with Gasteiger partial charge in [0.1, 0.15) is 11.9 Å². The van der Waals surface area contributed by atoms with Gasteiger partial charge in [0, 0.05) is 23.6 Å². The molecule has 29 heavy (non-hydrogen) atoms. The molecule has 0 radical (unpaired) electrons. The summed E-state index contributed by atoms with van der Waals surface area (Å²) in [5.41, 5.74) is 3.15. The van der Waals surface area contributed by atoms with Crippen LogP contribution < -0.4 is 10.1 Å². The Morgan fingerprint density at radius 2 is 1.83 bits per heavy atom. The Morgan fingerprint density at radius 1 is 1.07 bits per heavy atom. The summed E-state index contributed by atoms with van der Waals surface area (Å²) in [7, 11) is 0. The fraction of sp³-hybridized carbons (Fsp3) is 0.435. The van der Waals surface area contributed by atoms with Crippen molar-refractivity contribution >= 4 is 17.7 Å². The number of ether oxygens (including phenoxy) is 2. The number of carbonyl (C=O) groups excluding carboxylic acids is 1. The molecule has 2 aromatic carbocycles. The van der Waals surface area contributed by atoms with E-state index in [1.165, 1.54) is 0 Å². The fourth-order valence-electron chi connectivity index (χ4n) is 4.72. The average molecular weight is 413 g/mol. The van der Waals surface area contributed by atoms with Gasteiger partial charge in [-0.15, -0.1) is 0 Å². The normalized spacial score (nSPS) is 27.6. The van der Waals surface area contributed by atoms with Crippen LogP contribution in [0.15, 0.2) is 42.5 Å². The number of benzene rings is 2. The third kappa shape index (κ3) is 3.94. The first-order valence-corrected chi connectivity index (χ1v) is 10.8. The second kappa shape index (κ2) is 7.88. The summed E-state index contributed by atoms with van der Waals surface area (Å²) in [4.78, 5) is 15.0. The van der Waals surface area contributed by atoms with Gasteiger partial charge in [-0.3, -0.25) is 4.90 Å².